The predicted molar refractivity (Wildman–Crippen MR) is 204 cm³/mol. The van der Waals surface area contributed by atoms with Crippen molar-refractivity contribution in [3.63, 3.8) is 0 Å². The van der Waals surface area contributed by atoms with Crippen LogP contribution in [-0.2, 0) is 9.59 Å². The second-order valence-electron chi connectivity index (χ2n) is 14.9. The number of aliphatic hydroxyl groups is 2. The van der Waals surface area contributed by atoms with Crippen molar-refractivity contribution in [1.29, 1.82) is 0 Å². The molecule has 0 rings (SSSR count). The Hall–Kier alpha value is -1.00. The molecule has 0 aromatic carbocycles. The fraction of sp³-hybridized carbons (Fsp3) is 0.907. The van der Waals surface area contributed by atoms with Gasteiger partial charge in [-0.15, -0.1) is 0 Å². The molecule has 0 saturated carbocycles. The molecular weight excluding hydrogens is 580 g/mol. The lowest BCUT2D eigenvalue weighted by Gasteiger charge is -2.26. The van der Waals surface area contributed by atoms with Gasteiger partial charge in [-0.25, -0.2) is 0 Å². The Bertz CT molecular complexity index is 713. The van der Waals surface area contributed by atoms with Gasteiger partial charge in [0.05, 0.1) is 0 Å². The smallest absolute Gasteiger partial charge is 0.167 e. The molecule has 0 aliphatic carbocycles. The average Bonchev–Trinajstić information content (AvgIpc) is 3.06. The number of hydrogen-bond donors (Lipinski definition) is 2. The number of ketones is 2. The minimum absolute atomic E-state index is 0.217. The first-order valence-corrected chi connectivity index (χ1v) is 21.0. The van der Waals surface area contributed by atoms with Crippen molar-refractivity contribution in [2.45, 2.75) is 251 Å². The number of Topliss-reactive ketones (excluding diaryl/α,β-unsaturated/α-hetero) is 2. The number of carbonyl (C=O) groups is 2. The molecule has 0 heterocycles. The number of allylic oxidation sites excluding steroid dienone is 2. The van der Waals surface area contributed by atoms with Crippen LogP contribution < -0.4 is 0 Å². The van der Waals surface area contributed by atoms with Crippen LogP contribution in [0.5, 0.6) is 0 Å². The quantitative estimate of drug-likeness (QED) is 0.0509. The van der Waals surface area contributed by atoms with Crippen LogP contribution >= 0.6 is 0 Å². The van der Waals surface area contributed by atoms with Crippen molar-refractivity contribution >= 4 is 11.6 Å². The summed E-state index contributed by atoms with van der Waals surface area (Å²) in [5, 5.41) is 21.1. The molecule has 0 radical (unpaired) electrons. The lowest BCUT2D eigenvalue weighted by Crippen LogP contribution is -2.50. The van der Waals surface area contributed by atoms with Gasteiger partial charge in [0.15, 0.2) is 17.2 Å². The second kappa shape index (κ2) is 34.8. The van der Waals surface area contributed by atoms with Crippen molar-refractivity contribution in [2.24, 2.45) is 0 Å². The standard InChI is InChI=1S/C43H82O4/c1-4-6-8-10-12-14-16-18-20-21-22-23-25-26-28-30-32-34-36-38-40(44)42(46)43(3,47)41(45)39-37-35-33-31-29-27-24-19-17-15-13-11-9-7-5-2/h19,24,42,46-47H,4-18,20-23,25-39H2,1-3H3. The lowest BCUT2D eigenvalue weighted by molar-refractivity contribution is -0.157. The molecule has 0 bridgehead atoms. The van der Waals surface area contributed by atoms with E-state index in [-0.39, 0.29) is 12.8 Å². The van der Waals surface area contributed by atoms with E-state index in [1.54, 1.807) is 0 Å². The number of unbranched alkanes of at least 4 members (excludes halogenated alkanes) is 29. The SMILES string of the molecule is CCCCCCCCC=CCCCCCCCC(=O)C(C)(O)C(O)C(=O)CCCCCCCCCCCCCCCCCCCCC. The minimum atomic E-state index is -1.98. The molecule has 2 N–H and O–H groups in total. The van der Waals surface area contributed by atoms with E-state index in [9.17, 15) is 19.8 Å². The van der Waals surface area contributed by atoms with Crippen molar-refractivity contribution in [2.75, 3.05) is 0 Å². The van der Waals surface area contributed by atoms with Crippen LogP contribution in [0.4, 0.5) is 0 Å². The van der Waals surface area contributed by atoms with E-state index in [0.29, 0.717) is 12.8 Å². The Morgan fingerprint density at radius 2 is 0.745 bits per heavy atom. The summed E-state index contributed by atoms with van der Waals surface area (Å²) in [5.74, 6) is -0.816. The molecule has 0 aromatic heterocycles. The third-order valence-electron chi connectivity index (χ3n) is 10.1. The predicted octanol–water partition coefficient (Wildman–Crippen LogP) is 13.1. The van der Waals surface area contributed by atoms with E-state index in [1.165, 1.54) is 161 Å². The molecule has 278 valence electrons. The monoisotopic (exact) mass is 663 g/mol. The summed E-state index contributed by atoms with van der Waals surface area (Å²) in [6.07, 6.45) is 43.6. The van der Waals surface area contributed by atoms with Crippen LogP contribution in [0.25, 0.3) is 0 Å². The van der Waals surface area contributed by atoms with Gasteiger partial charge < -0.3 is 10.2 Å². The molecule has 0 amide bonds. The van der Waals surface area contributed by atoms with E-state index in [4.69, 9.17) is 0 Å². The molecule has 0 spiro atoms. The van der Waals surface area contributed by atoms with Crippen molar-refractivity contribution in [1.82, 2.24) is 0 Å². The molecule has 2 atom stereocenters. The van der Waals surface area contributed by atoms with Crippen molar-refractivity contribution < 1.29 is 19.8 Å². The fourth-order valence-corrected chi connectivity index (χ4v) is 6.59. The minimum Gasteiger partial charge on any atom is -0.382 e. The summed E-state index contributed by atoms with van der Waals surface area (Å²) >= 11 is 0. The summed E-state index contributed by atoms with van der Waals surface area (Å²) in [7, 11) is 0. The van der Waals surface area contributed by atoms with Gasteiger partial charge in [0.1, 0.15) is 6.10 Å². The van der Waals surface area contributed by atoms with Gasteiger partial charge in [-0.2, -0.15) is 0 Å². The molecule has 4 nitrogen and oxygen atoms in total. The molecule has 4 heteroatoms. The van der Waals surface area contributed by atoms with Gasteiger partial charge in [-0.1, -0.05) is 193 Å². The zero-order valence-corrected chi connectivity index (χ0v) is 32.0. The van der Waals surface area contributed by atoms with Crippen LogP contribution in [0.2, 0.25) is 0 Å². The molecular formula is C43H82O4. The molecule has 0 aliphatic heterocycles. The Labute approximate surface area is 293 Å². The van der Waals surface area contributed by atoms with E-state index >= 15 is 0 Å². The summed E-state index contributed by atoms with van der Waals surface area (Å²) in [4.78, 5) is 25.1. The van der Waals surface area contributed by atoms with Crippen LogP contribution in [0.15, 0.2) is 12.2 Å². The maximum atomic E-state index is 12.6. The first kappa shape index (κ1) is 46.0. The third kappa shape index (κ3) is 29.6. The van der Waals surface area contributed by atoms with Gasteiger partial charge >= 0.3 is 0 Å². The van der Waals surface area contributed by atoms with E-state index in [2.05, 4.69) is 26.0 Å². The normalized spacial score (nSPS) is 13.7. The average molecular weight is 663 g/mol. The summed E-state index contributed by atoms with van der Waals surface area (Å²) in [6.45, 7) is 5.85. The number of aliphatic hydroxyl groups excluding tert-OH is 1. The molecule has 2 unspecified atom stereocenters. The van der Waals surface area contributed by atoms with Crippen molar-refractivity contribution in [3.8, 4) is 0 Å². The Morgan fingerprint density at radius 1 is 0.468 bits per heavy atom. The third-order valence-corrected chi connectivity index (χ3v) is 10.1. The largest absolute Gasteiger partial charge is 0.382 e. The van der Waals surface area contributed by atoms with Gasteiger partial charge in [-0.05, 0) is 45.4 Å². The lowest BCUT2D eigenvalue weighted by atomic mass is 9.87. The maximum Gasteiger partial charge on any atom is 0.167 e. The van der Waals surface area contributed by atoms with Crippen LogP contribution in [0, 0.1) is 0 Å². The first-order valence-electron chi connectivity index (χ1n) is 21.0. The summed E-state index contributed by atoms with van der Waals surface area (Å²) < 4.78 is 0. The van der Waals surface area contributed by atoms with Gasteiger partial charge in [-0.3, -0.25) is 9.59 Å². The van der Waals surface area contributed by atoms with Crippen LogP contribution in [-0.4, -0.2) is 33.5 Å². The van der Waals surface area contributed by atoms with Crippen LogP contribution in [0.3, 0.4) is 0 Å². The van der Waals surface area contributed by atoms with E-state index in [0.717, 1.165) is 38.5 Å². The van der Waals surface area contributed by atoms with Gasteiger partial charge in [0.25, 0.3) is 0 Å². The topological polar surface area (TPSA) is 74.6 Å². The highest BCUT2D eigenvalue weighted by Crippen LogP contribution is 2.20. The Kier molecular flexibility index (Phi) is 34.1. The Balaban J connectivity index is 3.65. The number of carbonyl (C=O) groups excluding carboxylic acids is 2. The highest BCUT2D eigenvalue weighted by atomic mass is 16.4. The zero-order valence-electron chi connectivity index (χ0n) is 32.0. The molecule has 0 aromatic rings. The fourth-order valence-electron chi connectivity index (χ4n) is 6.59. The molecule has 0 saturated heterocycles. The molecule has 0 aliphatic rings. The van der Waals surface area contributed by atoms with E-state index in [1.807, 2.05) is 0 Å². The molecule has 47 heavy (non-hydrogen) atoms. The van der Waals surface area contributed by atoms with Gasteiger partial charge in [0, 0.05) is 12.8 Å². The highest BCUT2D eigenvalue weighted by Gasteiger charge is 2.41. The zero-order chi connectivity index (χ0) is 34.7. The summed E-state index contributed by atoms with van der Waals surface area (Å²) in [5.41, 5.74) is -1.98. The highest BCUT2D eigenvalue weighted by molar-refractivity contribution is 5.95. The van der Waals surface area contributed by atoms with E-state index < -0.39 is 23.3 Å². The van der Waals surface area contributed by atoms with Crippen LogP contribution in [0.1, 0.15) is 239 Å². The first-order chi connectivity index (χ1) is 22.9. The maximum absolute atomic E-state index is 12.6. The Morgan fingerprint density at radius 3 is 1.09 bits per heavy atom. The van der Waals surface area contributed by atoms with Gasteiger partial charge in [0.2, 0.25) is 0 Å². The van der Waals surface area contributed by atoms with Crippen molar-refractivity contribution in [3.05, 3.63) is 12.2 Å². The number of rotatable bonds is 38. The second-order valence-corrected chi connectivity index (χ2v) is 14.9. The molecule has 0 fully saturated rings. The number of hydrogen-bond acceptors (Lipinski definition) is 4. The summed E-state index contributed by atoms with van der Waals surface area (Å²) in [6, 6.07) is 0.